The number of sulfone groups is 1. The van der Waals surface area contributed by atoms with Crippen molar-refractivity contribution in [3.8, 4) is 11.5 Å². The molecule has 0 bridgehead atoms. The van der Waals surface area contributed by atoms with Crippen LogP contribution in [0.15, 0.2) is 89.8 Å². The van der Waals surface area contributed by atoms with Crippen molar-refractivity contribution >= 4 is 21.4 Å². The van der Waals surface area contributed by atoms with Gasteiger partial charge in [-0.05, 0) is 48.5 Å². The Balaban J connectivity index is 1.53. The smallest absolute Gasteiger partial charge is 0.225 e. The third-order valence-corrected chi connectivity index (χ3v) is 5.55. The number of anilines is 1. The Morgan fingerprint density at radius 1 is 0.778 bits per heavy atom. The van der Waals surface area contributed by atoms with Gasteiger partial charge in [0.1, 0.15) is 11.5 Å². The molecule has 0 unspecified atom stereocenters. The standard InChI is InChI=1S/C21H19NO4S/c23-21(15-16-27(24,25)20-9-5-2-6-10-20)22-17-11-13-19(14-12-17)26-18-7-3-1-4-8-18/h1-14H,15-16H2,(H,22,23). The molecule has 3 rings (SSSR count). The van der Waals surface area contributed by atoms with Crippen LogP contribution < -0.4 is 10.1 Å². The SMILES string of the molecule is O=C(CCS(=O)(=O)c1ccccc1)Nc1ccc(Oc2ccccc2)cc1. The normalized spacial score (nSPS) is 11.0. The number of rotatable bonds is 7. The van der Waals surface area contributed by atoms with Gasteiger partial charge >= 0.3 is 0 Å². The first-order valence-electron chi connectivity index (χ1n) is 8.43. The molecule has 0 aromatic heterocycles. The second kappa shape index (κ2) is 8.51. The summed E-state index contributed by atoms with van der Waals surface area (Å²) in [6.07, 6.45) is -0.112. The van der Waals surface area contributed by atoms with Crippen LogP contribution in [-0.4, -0.2) is 20.1 Å². The molecule has 138 valence electrons. The highest BCUT2D eigenvalue weighted by Crippen LogP contribution is 2.22. The van der Waals surface area contributed by atoms with Gasteiger partial charge in [0.2, 0.25) is 5.91 Å². The largest absolute Gasteiger partial charge is 0.457 e. The highest BCUT2D eigenvalue weighted by Gasteiger charge is 2.16. The van der Waals surface area contributed by atoms with Gasteiger partial charge in [0, 0.05) is 12.1 Å². The van der Waals surface area contributed by atoms with Gasteiger partial charge in [0.25, 0.3) is 0 Å². The van der Waals surface area contributed by atoms with E-state index in [0.717, 1.165) is 5.75 Å². The molecule has 0 fully saturated rings. The summed E-state index contributed by atoms with van der Waals surface area (Å²) in [6, 6.07) is 24.4. The molecule has 0 radical (unpaired) electrons. The molecule has 3 aromatic carbocycles. The molecule has 0 spiro atoms. The maximum absolute atomic E-state index is 12.2. The molecule has 0 aliphatic heterocycles. The Kier molecular flexibility index (Phi) is 5.88. The fourth-order valence-electron chi connectivity index (χ4n) is 2.43. The number of carbonyl (C=O) groups excluding carboxylic acids is 1. The molecule has 5 nitrogen and oxygen atoms in total. The van der Waals surface area contributed by atoms with E-state index in [-0.39, 0.29) is 23.0 Å². The topological polar surface area (TPSA) is 72.5 Å². The summed E-state index contributed by atoms with van der Waals surface area (Å²) in [5.74, 6) is 0.774. The lowest BCUT2D eigenvalue weighted by molar-refractivity contribution is -0.115. The van der Waals surface area contributed by atoms with Crippen molar-refractivity contribution in [2.45, 2.75) is 11.3 Å². The van der Waals surface area contributed by atoms with E-state index in [0.29, 0.717) is 11.4 Å². The number of carbonyl (C=O) groups is 1. The van der Waals surface area contributed by atoms with Crippen LogP contribution in [0.3, 0.4) is 0 Å². The Hall–Kier alpha value is -3.12. The fraction of sp³-hybridized carbons (Fsp3) is 0.0952. The molecule has 0 saturated heterocycles. The molecule has 0 saturated carbocycles. The molecular weight excluding hydrogens is 362 g/mol. The van der Waals surface area contributed by atoms with E-state index >= 15 is 0 Å². The van der Waals surface area contributed by atoms with E-state index in [1.165, 1.54) is 12.1 Å². The molecule has 1 N–H and O–H groups in total. The summed E-state index contributed by atoms with van der Waals surface area (Å²) in [4.78, 5) is 12.3. The van der Waals surface area contributed by atoms with E-state index in [4.69, 9.17) is 4.74 Å². The first kappa shape index (κ1) is 18.7. The van der Waals surface area contributed by atoms with Gasteiger partial charge in [-0.1, -0.05) is 36.4 Å². The number of hydrogen-bond acceptors (Lipinski definition) is 4. The minimum Gasteiger partial charge on any atom is -0.457 e. The van der Waals surface area contributed by atoms with Crippen LogP contribution in [-0.2, 0) is 14.6 Å². The summed E-state index contributed by atoms with van der Waals surface area (Å²) in [6.45, 7) is 0. The second-order valence-electron chi connectivity index (χ2n) is 5.87. The monoisotopic (exact) mass is 381 g/mol. The predicted octanol–water partition coefficient (Wildman–Crippen LogP) is 4.28. The van der Waals surface area contributed by atoms with Crippen LogP contribution in [0.25, 0.3) is 0 Å². The minimum atomic E-state index is -3.47. The van der Waals surface area contributed by atoms with E-state index in [9.17, 15) is 13.2 Å². The fourth-order valence-corrected chi connectivity index (χ4v) is 3.69. The molecule has 6 heteroatoms. The second-order valence-corrected chi connectivity index (χ2v) is 7.98. The third-order valence-electron chi connectivity index (χ3n) is 3.82. The minimum absolute atomic E-state index is 0.112. The van der Waals surface area contributed by atoms with E-state index in [1.807, 2.05) is 30.3 Å². The molecule has 0 heterocycles. The quantitative estimate of drug-likeness (QED) is 0.663. The van der Waals surface area contributed by atoms with Crippen molar-refractivity contribution in [3.05, 3.63) is 84.9 Å². The van der Waals surface area contributed by atoms with Crippen molar-refractivity contribution in [2.24, 2.45) is 0 Å². The van der Waals surface area contributed by atoms with E-state index < -0.39 is 9.84 Å². The molecule has 0 aliphatic rings. The van der Waals surface area contributed by atoms with Gasteiger partial charge in [-0.2, -0.15) is 0 Å². The number of ether oxygens (including phenoxy) is 1. The maximum atomic E-state index is 12.2. The molecule has 0 aliphatic carbocycles. The van der Waals surface area contributed by atoms with Crippen molar-refractivity contribution in [1.29, 1.82) is 0 Å². The molecular formula is C21H19NO4S. The number of amides is 1. The Morgan fingerprint density at radius 2 is 1.33 bits per heavy atom. The zero-order valence-electron chi connectivity index (χ0n) is 14.5. The van der Waals surface area contributed by atoms with Gasteiger partial charge in [-0.15, -0.1) is 0 Å². The lowest BCUT2D eigenvalue weighted by atomic mass is 10.3. The van der Waals surface area contributed by atoms with Crippen molar-refractivity contribution in [2.75, 3.05) is 11.1 Å². The van der Waals surface area contributed by atoms with Crippen molar-refractivity contribution in [3.63, 3.8) is 0 Å². The van der Waals surface area contributed by atoms with Crippen LogP contribution in [0.5, 0.6) is 11.5 Å². The maximum Gasteiger partial charge on any atom is 0.225 e. The van der Waals surface area contributed by atoms with E-state index in [2.05, 4.69) is 5.32 Å². The van der Waals surface area contributed by atoms with Crippen molar-refractivity contribution < 1.29 is 17.9 Å². The number of benzene rings is 3. The highest BCUT2D eigenvalue weighted by atomic mass is 32.2. The van der Waals surface area contributed by atoms with Gasteiger partial charge in [-0.25, -0.2) is 8.42 Å². The highest BCUT2D eigenvalue weighted by molar-refractivity contribution is 7.91. The number of nitrogens with one attached hydrogen (secondary N) is 1. The Bertz CT molecular complexity index is 985. The molecule has 0 atom stereocenters. The lowest BCUT2D eigenvalue weighted by Crippen LogP contribution is -2.17. The molecule has 1 amide bonds. The Morgan fingerprint density at radius 3 is 1.96 bits per heavy atom. The van der Waals surface area contributed by atoms with Gasteiger partial charge < -0.3 is 10.1 Å². The number of para-hydroxylation sites is 1. The van der Waals surface area contributed by atoms with Gasteiger partial charge in [0.05, 0.1) is 10.6 Å². The zero-order chi connectivity index (χ0) is 19.1. The van der Waals surface area contributed by atoms with Crippen LogP contribution in [0.2, 0.25) is 0 Å². The average molecular weight is 381 g/mol. The summed E-state index contributed by atoms with van der Waals surface area (Å²) >= 11 is 0. The molecule has 27 heavy (non-hydrogen) atoms. The first-order chi connectivity index (χ1) is 13.0. The third kappa shape index (κ3) is 5.43. The summed E-state index contributed by atoms with van der Waals surface area (Å²) in [5.41, 5.74) is 0.581. The van der Waals surface area contributed by atoms with Crippen LogP contribution in [0, 0.1) is 0 Å². The number of hydrogen-bond donors (Lipinski definition) is 1. The van der Waals surface area contributed by atoms with Crippen LogP contribution in [0.4, 0.5) is 5.69 Å². The lowest BCUT2D eigenvalue weighted by Gasteiger charge is -2.08. The Labute approximate surface area is 158 Å². The van der Waals surface area contributed by atoms with Crippen molar-refractivity contribution in [1.82, 2.24) is 0 Å². The first-order valence-corrected chi connectivity index (χ1v) is 10.1. The average Bonchev–Trinajstić information content (AvgIpc) is 2.70. The van der Waals surface area contributed by atoms with Crippen LogP contribution >= 0.6 is 0 Å². The van der Waals surface area contributed by atoms with Crippen LogP contribution in [0.1, 0.15) is 6.42 Å². The van der Waals surface area contributed by atoms with Gasteiger partial charge in [0.15, 0.2) is 9.84 Å². The molecule has 3 aromatic rings. The predicted molar refractivity (Wildman–Crippen MR) is 105 cm³/mol. The summed E-state index contributed by atoms with van der Waals surface area (Å²) in [7, 11) is -3.47. The zero-order valence-corrected chi connectivity index (χ0v) is 15.4. The summed E-state index contributed by atoms with van der Waals surface area (Å²) in [5, 5.41) is 2.70. The van der Waals surface area contributed by atoms with E-state index in [1.54, 1.807) is 42.5 Å². The van der Waals surface area contributed by atoms with Gasteiger partial charge in [-0.3, -0.25) is 4.79 Å². The summed E-state index contributed by atoms with van der Waals surface area (Å²) < 4.78 is 30.1.